The molecule has 0 aromatic rings. The Morgan fingerprint density at radius 3 is 1.90 bits per heavy atom. The van der Waals surface area contributed by atoms with Crippen molar-refractivity contribution in [2.75, 3.05) is 52.7 Å². The predicted molar refractivity (Wildman–Crippen MR) is 85.0 cm³/mol. The molecule has 0 saturated carbocycles. The molecule has 0 aliphatic heterocycles. The highest BCUT2D eigenvalue weighted by molar-refractivity contribution is 4.82. The van der Waals surface area contributed by atoms with Crippen LogP contribution in [0, 0.1) is 17.8 Å². The van der Waals surface area contributed by atoms with E-state index in [0.717, 1.165) is 13.1 Å². The van der Waals surface area contributed by atoms with Crippen LogP contribution in [-0.4, -0.2) is 52.7 Å². The van der Waals surface area contributed by atoms with Crippen molar-refractivity contribution in [3.63, 3.8) is 0 Å². The minimum Gasteiger partial charge on any atom is -0.378 e. The van der Waals surface area contributed by atoms with E-state index in [1.165, 1.54) is 0 Å². The second-order valence-corrected chi connectivity index (χ2v) is 5.22. The lowest BCUT2D eigenvalue weighted by atomic mass is 9.97. The van der Waals surface area contributed by atoms with Crippen molar-refractivity contribution in [2.24, 2.45) is 5.41 Å². The van der Waals surface area contributed by atoms with Gasteiger partial charge in [-0.3, -0.25) is 0 Å². The van der Waals surface area contributed by atoms with Gasteiger partial charge in [0.15, 0.2) is 0 Å². The molecule has 0 heterocycles. The molecular formula is C16H33NO3. The van der Waals surface area contributed by atoms with Crippen LogP contribution in [0.15, 0.2) is 0 Å². The second kappa shape index (κ2) is 16.5. The fraction of sp³-hybridized carbons (Fsp3) is 0.875. The third-order valence-corrected chi connectivity index (χ3v) is 2.01. The van der Waals surface area contributed by atoms with E-state index in [4.69, 9.17) is 20.6 Å². The Hall–Kier alpha value is -0.600. The maximum atomic E-state index is 5.42. The average Bonchev–Trinajstić information content (AvgIpc) is 2.41. The van der Waals surface area contributed by atoms with Gasteiger partial charge in [-0.15, -0.1) is 6.42 Å². The summed E-state index contributed by atoms with van der Waals surface area (Å²) in [6, 6.07) is 0. The van der Waals surface area contributed by atoms with Crippen LogP contribution >= 0.6 is 0 Å². The van der Waals surface area contributed by atoms with Crippen LogP contribution in [0.5, 0.6) is 0 Å². The first-order chi connectivity index (χ1) is 9.56. The van der Waals surface area contributed by atoms with Crippen LogP contribution in [0.4, 0.5) is 0 Å². The van der Waals surface area contributed by atoms with Crippen LogP contribution < -0.4 is 5.32 Å². The van der Waals surface area contributed by atoms with Gasteiger partial charge in [-0.05, 0) is 5.41 Å². The third-order valence-electron chi connectivity index (χ3n) is 2.01. The van der Waals surface area contributed by atoms with Crippen molar-refractivity contribution in [1.82, 2.24) is 5.32 Å². The van der Waals surface area contributed by atoms with Crippen molar-refractivity contribution in [3.05, 3.63) is 0 Å². The van der Waals surface area contributed by atoms with Crippen LogP contribution in [0.3, 0.4) is 0 Å². The number of rotatable bonds is 11. The molecule has 0 aromatic carbocycles. The topological polar surface area (TPSA) is 39.7 Å². The Kier molecular flexibility index (Phi) is 17.8. The van der Waals surface area contributed by atoms with Gasteiger partial charge in [0, 0.05) is 13.1 Å². The molecule has 0 atom stereocenters. The molecular weight excluding hydrogens is 254 g/mol. The Bertz CT molecular complexity index is 219. The molecule has 0 aliphatic carbocycles. The summed E-state index contributed by atoms with van der Waals surface area (Å²) in [6.45, 7) is 15.9. The largest absolute Gasteiger partial charge is 0.378 e. The molecule has 0 saturated heterocycles. The highest BCUT2D eigenvalue weighted by Gasteiger charge is 2.07. The molecule has 1 N–H and O–H groups in total. The third kappa shape index (κ3) is 22.6. The number of ether oxygens (including phenoxy) is 3. The number of hydrogen-bond donors (Lipinski definition) is 1. The summed E-state index contributed by atoms with van der Waals surface area (Å²) in [7, 11) is 0. The van der Waals surface area contributed by atoms with Gasteiger partial charge in [-0.2, -0.15) is 0 Å². The molecule has 20 heavy (non-hydrogen) atoms. The second-order valence-electron chi connectivity index (χ2n) is 5.22. The highest BCUT2D eigenvalue weighted by atomic mass is 16.5. The van der Waals surface area contributed by atoms with Gasteiger partial charge in [0.25, 0.3) is 0 Å². The van der Waals surface area contributed by atoms with Crippen molar-refractivity contribution in [3.8, 4) is 12.3 Å². The summed E-state index contributed by atoms with van der Waals surface area (Å²) in [5, 5.41) is 3.35. The zero-order valence-corrected chi connectivity index (χ0v) is 14.0. The predicted octanol–water partition coefficient (Wildman–Crippen LogP) is 2.33. The number of hydrogen-bond acceptors (Lipinski definition) is 4. The van der Waals surface area contributed by atoms with E-state index in [-0.39, 0.29) is 0 Å². The van der Waals surface area contributed by atoms with E-state index in [9.17, 15) is 0 Å². The monoisotopic (exact) mass is 287 g/mol. The first kappa shape index (κ1) is 21.7. The van der Waals surface area contributed by atoms with Gasteiger partial charge in [-0.25, -0.2) is 0 Å². The molecule has 0 radical (unpaired) electrons. The molecule has 0 unspecified atom stereocenters. The van der Waals surface area contributed by atoms with Gasteiger partial charge >= 0.3 is 0 Å². The van der Waals surface area contributed by atoms with Gasteiger partial charge in [0.1, 0.15) is 6.61 Å². The average molecular weight is 287 g/mol. The van der Waals surface area contributed by atoms with Crippen LogP contribution in [0.1, 0.15) is 34.6 Å². The van der Waals surface area contributed by atoms with Crippen molar-refractivity contribution < 1.29 is 14.2 Å². The van der Waals surface area contributed by atoms with Gasteiger partial charge in [-0.1, -0.05) is 40.5 Å². The SMILES string of the molecule is C#CCOCCOCCOCCNCC(C)(C)C.CC. The van der Waals surface area contributed by atoms with E-state index >= 15 is 0 Å². The summed E-state index contributed by atoms with van der Waals surface area (Å²) in [5.41, 5.74) is 0.321. The fourth-order valence-corrected chi connectivity index (χ4v) is 1.18. The maximum Gasteiger partial charge on any atom is 0.107 e. The molecule has 0 aliphatic rings. The molecule has 0 spiro atoms. The highest BCUT2D eigenvalue weighted by Crippen LogP contribution is 2.09. The lowest BCUT2D eigenvalue weighted by Gasteiger charge is -2.18. The maximum absolute atomic E-state index is 5.42. The van der Waals surface area contributed by atoms with E-state index in [0.29, 0.717) is 45.1 Å². The summed E-state index contributed by atoms with van der Waals surface area (Å²) in [5.74, 6) is 2.40. The fourth-order valence-electron chi connectivity index (χ4n) is 1.18. The van der Waals surface area contributed by atoms with Crippen LogP contribution in [0.25, 0.3) is 0 Å². The molecule has 4 heteroatoms. The van der Waals surface area contributed by atoms with E-state index in [2.05, 4.69) is 32.0 Å². The molecule has 0 amide bonds. The minimum absolute atomic E-state index is 0.321. The molecule has 120 valence electrons. The zero-order valence-electron chi connectivity index (χ0n) is 14.0. The van der Waals surface area contributed by atoms with Gasteiger partial charge in [0.05, 0.1) is 33.0 Å². The molecule has 0 bridgehead atoms. The zero-order chi connectivity index (χ0) is 15.7. The van der Waals surface area contributed by atoms with Crippen molar-refractivity contribution >= 4 is 0 Å². The lowest BCUT2D eigenvalue weighted by molar-refractivity contribution is 0.0207. The summed E-state index contributed by atoms with van der Waals surface area (Å²) in [6.07, 6.45) is 5.03. The quantitative estimate of drug-likeness (QED) is 0.468. The van der Waals surface area contributed by atoms with Crippen molar-refractivity contribution in [1.29, 1.82) is 0 Å². The van der Waals surface area contributed by atoms with E-state index in [1.807, 2.05) is 13.8 Å². The Labute approximate surface area is 125 Å². The van der Waals surface area contributed by atoms with Crippen LogP contribution in [-0.2, 0) is 14.2 Å². The van der Waals surface area contributed by atoms with E-state index < -0.39 is 0 Å². The minimum atomic E-state index is 0.321. The standard InChI is InChI=1S/C14H27NO3.C2H6/c1-5-7-16-9-11-18-12-10-17-8-6-15-13-14(2,3)4;1-2/h1,15H,6-13H2,2-4H3;1-2H3. The smallest absolute Gasteiger partial charge is 0.107 e. The first-order valence-electron chi connectivity index (χ1n) is 7.43. The number of nitrogens with one attached hydrogen (secondary N) is 1. The molecule has 4 nitrogen and oxygen atoms in total. The summed E-state index contributed by atoms with van der Waals surface area (Å²) in [4.78, 5) is 0. The lowest BCUT2D eigenvalue weighted by Crippen LogP contribution is -2.29. The van der Waals surface area contributed by atoms with Gasteiger partial charge < -0.3 is 19.5 Å². The van der Waals surface area contributed by atoms with Gasteiger partial charge in [0.2, 0.25) is 0 Å². The molecule has 0 fully saturated rings. The Balaban J connectivity index is 0. The van der Waals surface area contributed by atoms with E-state index in [1.54, 1.807) is 0 Å². The van der Waals surface area contributed by atoms with Crippen molar-refractivity contribution in [2.45, 2.75) is 34.6 Å². The summed E-state index contributed by atoms with van der Waals surface area (Å²) >= 11 is 0. The Morgan fingerprint density at radius 1 is 0.900 bits per heavy atom. The Morgan fingerprint density at radius 2 is 1.40 bits per heavy atom. The molecule has 0 aromatic heterocycles. The molecule has 0 rings (SSSR count). The normalized spacial score (nSPS) is 10.6. The summed E-state index contributed by atoms with van der Waals surface area (Å²) < 4.78 is 15.8. The van der Waals surface area contributed by atoms with Crippen LogP contribution in [0.2, 0.25) is 0 Å². The number of terminal acetylenes is 1. The first-order valence-corrected chi connectivity index (χ1v) is 7.43.